The van der Waals surface area contributed by atoms with Crippen molar-refractivity contribution in [1.29, 1.82) is 0 Å². The van der Waals surface area contributed by atoms with Crippen molar-refractivity contribution >= 4 is 23.4 Å². The first-order valence-corrected chi connectivity index (χ1v) is 10.0. The summed E-state index contributed by atoms with van der Waals surface area (Å²) in [5.41, 5.74) is 2.14. The molecule has 1 amide bonds. The minimum absolute atomic E-state index is 0.0237. The van der Waals surface area contributed by atoms with Crippen LogP contribution in [-0.4, -0.2) is 26.4 Å². The number of nitrogens with one attached hydrogen (secondary N) is 1. The Morgan fingerprint density at radius 2 is 2.00 bits per heavy atom. The Balaban J connectivity index is 1.82. The van der Waals surface area contributed by atoms with E-state index in [2.05, 4.69) is 48.4 Å². The third kappa shape index (κ3) is 6.20. The second-order valence-electron chi connectivity index (χ2n) is 6.28. The third-order valence-corrected chi connectivity index (χ3v) is 5.27. The molecule has 0 aliphatic rings. The van der Waals surface area contributed by atoms with E-state index in [0.717, 1.165) is 30.2 Å². The summed E-state index contributed by atoms with van der Waals surface area (Å²) in [6, 6.07) is 8.11. The van der Waals surface area contributed by atoms with Crippen LogP contribution in [0.25, 0.3) is 0 Å². The molecule has 1 aromatic carbocycles. The fraction of sp³-hybridized carbons (Fsp3) is 0.526. The van der Waals surface area contributed by atoms with Gasteiger partial charge in [-0.15, -0.1) is 10.2 Å². The van der Waals surface area contributed by atoms with E-state index in [1.807, 2.05) is 16.7 Å². The molecule has 6 heteroatoms. The van der Waals surface area contributed by atoms with Gasteiger partial charge in [0, 0.05) is 12.2 Å². The van der Waals surface area contributed by atoms with E-state index in [4.69, 9.17) is 0 Å². The van der Waals surface area contributed by atoms with Gasteiger partial charge in [0.05, 0.1) is 5.75 Å². The Kier molecular flexibility index (Phi) is 7.98. The predicted molar refractivity (Wildman–Crippen MR) is 104 cm³/mol. The Bertz CT molecular complexity index is 654. The zero-order valence-corrected chi connectivity index (χ0v) is 16.2. The largest absolute Gasteiger partial charge is 0.325 e. The molecule has 1 atom stereocenters. The first-order chi connectivity index (χ1) is 12.1. The lowest BCUT2D eigenvalue weighted by Crippen LogP contribution is -2.14. The molecule has 0 radical (unpaired) electrons. The lowest BCUT2D eigenvalue weighted by atomic mass is 9.99. The molecule has 0 spiro atoms. The molecule has 1 N–H and O–H groups in total. The Labute approximate surface area is 154 Å². The normalized spacial score (nSPS) is 12.1. The maximum Gasteiger partial charge on any atom is 0.234 e. The van der Waals surface area contributed by atoms with E-state index in [1.54, 1.807) is 6.33 Å². The van der Waals surface area contributed by atoms with Crippen molar-refractivity contribution in [2.75, 3.05) is 11.1 Å². The van der Waals surface area contributed by atoms with Crippen LogP contribution in [0.3, 0.4) is 0 Å². The number of nitrogens with zero attached hydrogens (tertiary/aromatic N) is 3. The van der Waals surface area contributed by atoms with Gasteiger partial charge < -0.3 is 9.88 Å². The Morgan fingerprint density at radius 1 is 1.24 bits per heavy atom. The Hall–Kier alpha value is -1.82. The van der Waals surface area contributed by atoms with Crippen molar-refractivity contribution < 1.29 is 4.79 Å². The van der Waals surface area contributed by atoms with Crippen LogP contribution >= 0.6 is 11.8 Å². The number of thioether (sulfide) groups is 1. The summed E-state index contributed by atoms with van der Waals surface area (Å²) in [5.74, 6) is 0.850. The van der Waals surface area contributed by atoms with E-state index < -0.39 is 0 Å². The van der Waals surface area contributed by atoms with Crippen molar-refractivity contribution in [3.63, 3.8) is 0 Å². The molecule has 5 nitrogen and oxygen atoms in total. The molecular weight excluding hydrogens is 332 g/mol. The molecule has 1 heterocycles. The van der Waals surface area contributed by atoms with Crippen LogP contribution in [-0.2, 0) is 11.3 Å². The fourth-order valence-electron chi connectivity index (χ4n) is 2.50. The Morgan fingerprint density at radius 3 is 2.68 bits per heavy atom. The highest BCUT2D eigenvalue weighted by Crippen LogP contribution is 2.21. The van der Waals surface area contributed by atoms with Crippen LogP contribution in [0.5, 0.6) is 0 Å². The van der Waals surface area contributed by atoms with Gasteiger partial charge in [0.25, 0.3) is 0 Å². The van der Waals surface area contributed by atoms with E-state index in [1.165, 1.54) is 30.2 Å². The van der Waals surface area contributed by atoms with Crippen molar-refractivity contribution in [2.24, 2.45) is 0 Å². The average Bonchev–Trinajstić information content (AvgIpc) is 3.07. The number of aromatic nitrogens is 3. The lowest BCUT2D eigenvalue weighted by molar-refractivity contribution is -0.113. The highest BCUT2D eigenvalue weighted by molar-refractivity contribution is 7.99. The summed E-state index contributed by atoms with van der Waals surface area (Å²) >= 11 is 1.43. The number of anilines is 1. The molecule has 0 aliphatic carbocycles. The molecule has 25 heavy (non-hydrogen) atoms. The van der Waals surface area contributed by atoms with E-state index in [9.17, 15) is 4.79 Å². The van der Waals surface area contributed by atoms with Crippen molar-refractivity contribution in [3.05, 3.63) is 36.2 Å². The van der Waals surface area contributed by atoms with Crippen LogP contribution in [0.15, 0.2) is 35.7 Å². The number of carbonyl (C=O) groups excluding carboxylic acids is 1. The summed E-state index contributed by atoms with van der Waals surface area (Å²) in [5, 5.41) is 11.8. The molecule has 1 aromatic heterocycles. The summed E-state index contributed by atoms with van der Waals surface area (Å²) in [6.45, 7) is 7.48. The molecule has 136 valence electrons. The minimum Gasteiger partial charge on any atom is -0.325 e. The van der Waals surface area contributed by atoms with Gasteiger partial charge in [-0.1, -0.05) is 57.5 Å². The molecule has 0 aliphatic heterocycles. The minimum atomic E-state index is -0.0237. The number of benzene rings is 1. The second kappa shape index (κ2) is 10.2. The maximum absolute atomic E-state index is 12.2. The number of hydrogen-bond donors (Lipinski definition) is 1. The number of carbonyl (C=O) groups is 1. The highest BCUT2D eigenvalue weighted by Gasteiger charge is 2.09. The van der Waals surface area contributed by atoms with Crippen molar-refractivity contribution in [2.45, 2.75) is 64.1 Å². The number of rotatable bonds is 10. The smallest absolute Gasteiger partial charge is 0.234 e. The van der Waals surface area contributed by atoms with Gasteiger partial charge in [-0.3, -0.25) is 4.79 Å². The fourth-order valence-corrected chi connectivity index (χ4v) is 3.24. The number of amides is 1. The molecule has 0 saturated heterocycles. The molecule has 0 unspecified atom stereocenters. The van der Waals surface area contributed by atoms with Gasteiger partial charge in [0.15, 0.2) is 5.16 Å². The van der Waals surface area contributed by atoms with Crippen LogP contribution in [0.1, 0.15) is 57.9 Å². The molecule has 0 fully saturated rings. The third-order valence-electron chi connectivity index (χ3n) is 4.29. The average molecular weight is 361 g/mol. The van der Waals surface area contributed by atoms with Crippen molar-refractivity contribution in [3.8, 4) is 0 Å². The van der Waals surface area contributed by atoms with E-state index in [-0.39, 0.29) is 5.91 Å². The van der Waals surface area contributed by atoms with Crippen molar-refractivity contribution in [1.82, 2.24) is 14.8 Å². The van der Waals surface area contributed by atoms with Gasteiger partial charge in [-0.25, -0.2) is 0 Å². The van der Waals surface area contributed by atoms with Crippen LogP contribution in [0, 0.1) is 0 Å². The molecule has 2 aromatic rings. The summed E-state index contributed by atoms with van der Waals surface area (Å²) in [6.07, 6.45) is 6.33. The van der Waals surface area contributed by atoms with E-state index >= 15 is 0 Å². The van der Waals surface area contributed by atoms with Gasteiger partial charge in [0.2, 0.25) is 5.91 Å². The monoisotopic (exact) mass is 360 g/mol. The summed E-state index contributed by atoms with van der Waals surface area (Å²) in [7, 11) is 0. The van der Waals surface area contributed by atoms with Crippen LogP contribution in [0.2, 0.25) is 0 Å². The van der Waals surface area contributed by atoms with Gasteiger partial charge >= 0.3 is 0 Å². The van der Waals surface area contributed by atoms with Gasteiger partial charge in [-0.2, -0.15) is 0 Å². The van der Waals surface area contributed by atoms with E-state index in [0.29, 0.717) is 11.7 Å². The summed E-state index contributed by atoms with van der Waals surface area (Å²) < 4.78 is 2.02. The number of aryl methyl sites for hydroxylation is 1. The van der Waals surface area contributed by atoms with Gasteiger partial charge in [0.1, 0.15) is 6.33 Å². The second-order valence-corrected chi connectivity index (χ2v) is 7.22. The molecule has 2 rings (SSSR count). The zero-order chi connectivity index (χ0) is 18.1. The zero-order valence-electron chi connectivity index (χ0n) is 15.4. The quantitative estimate of drug-likeness (QED) is 0.492. The molecular formula is C19H28N4OS. The maximum atomic E-state index is 12.2. The standard InChI is InChI=1S/C19H28N4OS/c1-4-6-7-12-23-14-20-22-19(23)25-13-18(24)21-17-10-8-16(9-11-17)15(3)5-2/h8-11,14-15H,4-7,12-13H2,1-3H3,(H,21,24)/t15-/m1/s1. The topological polar surface area (TPSA) is 59.8 Å². The first-order valence-electron chi connectivity index (χ1n) is 9.04. The van der Waals surface area contributed by atoms with Gasteiger partial charge in [-0.05, 0) is 36.5 Å². The number of unbranched alkanes of at least 4 members (excludes halogenated alkanes) is 2. The van der Waals surface area contributed by atoms with Crippen LogP contribution < -0.4 is 5.32 Å². The molecule has 0 saturated carbocycles. The summed E-state index contributed by atoms with van der Waals surface area (Å²) in [4.78, 5) is 12.2. The first kappa shape index (κ1) is 19.5. The molecule has 0 bridgehead atoms. The van der Waals surface area contributed by atoms with Crippen LogP contribution in [0.4, 0.5) is 5.69 Å². The SMILES string of the molecule is CCCCCn1cnnc1SCC(=O)Nc1ccc([C@H](C)CC)cc1. The highest BCUT2D eigenvalue weighted by atomic mass is 32.2. The lowest BCUT2D eigenvalue weighted by Gasteiger charge is -2.10. The predicted octanol–water partition coefficient (Wildman–Crippen LogP) is 4.71. The number of hydrogen-bond acceptors (Lipinski definition) is 4.